The number of aryl methyl sites for hydroxylation is 2. The zero-order chi connectivity index (χ0) is 11.4. The molecule has 3 nitrogen and oxygen atoms in total. The van der Waals surface area contributed by atoms with Crippen LogP contribution in [0.3, 0.4) is 0 Å². The molecule has 1 aromatic carbocycles. The molecule has 1 aromatic rings. The normalized spacial score (nSPS) is 12.6. The lowest BCUT2D eigenvalue weighted by atomic mass is 10.00. The Morgan fingerprint density at radius 1 is 1.40 bits per heavy atom. The average molecular weight is 209 g/mol. The molecule has 0 radical (unpaired) electrons. The maximum Gasteiger partial charge on any atom is 0.125 e. The van der Waals surface area contributed by atoms with E-state index in [-0.39, 0.29) is 12.6 Å². The lowest BCUT2D eigenvalue weighted by Crippen LogP contribution is -2.27. The molecule has 0 aliphatic heterocycles. The molecule has 0 aliphatic carbocycles. The van der Waals surface area contributed by atoms with Gasteiger partial charge >= 0.3 is 0 Å². The minimum Gasteiger partial charge on any atom is -0.496 e. The van der Waals surface area contributed by atoms with Gasteiger partial charge in [-0.2, -0.15) is 0 Å². The summed E-state index contributed by atoms with van der Waals surface area (Å²) < 4.78 is 5.34. The molecule has 15 heavy (non-hydrogen) atoms. The van der Waals surface area contributed by atoms with Gasteiger partial charge in [0.1, 0.15) is 5.75 Å². The zero-order valence-corrected chi connectivity index (χ0v) is 9.58. The van der Waals surface area contributed by atoms with E-state index in [2.05, 4.69) is 12.1 Å². The number of nitrogens with two attached hydrogens (primary N) is 1. The second kappa shape index (κ2) is 5.14. The Labute approximate surface area is 90.9 Å². The van der Waals surface area contributed by atoms with Crippen LogP contribution in [0.2, 0.25) is 0 Å². The molecule has 0 aromatic heterocycles. The van der Waals surface area contributed by atoms with Crippen LogP contribution < -0.4 is 10.5 Å². The van der Waals surface area contributed by atoms with E-state index in [0.717, 1.165) is 16.9 Å². The molecule has 0 saturated carbocycles. The summed E-state index contributed by atoms with van der Waals surface area (Å²) in [6, 6.07) is 3.91. The summed E-state index contributed by atoms with van der Waals surface area (Å²) in [5.41, 5.74) is 9.09. The molecule has 0 heterocycles. The highest BCUT2D eigenvalue weighted by atomic mass is 16.5. The topological polar surface area (TPSA) is 55.5 Å². The van der Waals surface area contributed by atoms with Crippen molar-refractivity contribution in [3.05, 3.63) is 28.8 Å². The highest BCUT2D eigenvalue weighted by molar-refractivity contribution is 5.44. The molecule has 0 fully saturated rings. The predicted molar refractivity (Wildman–Crippen MR) is 61.2 cm³/mol. The molecule has 1 unspecified atom stereocenters. The summed E-state index contributed by atoms with van der Waals surface area (Å²) in [5, 5.41) is 8.93. The Bertz CT molecular complexity index is 337. The third-order valence-corrected chi connectivity index (χ3v) is 2.42. The van der Waals surface area contributed by atoms with Crippen LogP contribution in [-0.4, -0.2) is 24.9 Å². The van der Waals surface area contributed by atoms with Gasteiger partial charge in [-0.05, 0) is 31.4 Å². The second-order valence-electron chi connectivity index (χ2n) is 3.92. The number of hydrogen-bond acceptors (Lipinski definition) is 3. The first-order valence-electron chi connectivity index (χ1n) is 5.09. The minimum atomic E-state index is -0.222. The Balaban J connectivity index is 3.03. The highest BCUT2D eigenvalue weighted by Gasteiger charge is 2.10. The van der Waals surface area contributed by atoms with Crippen LogP contribution in [0.1, 0.15) is 16.7 Å². The number of aliphatic hydroxyl groups excluding tert-OH is 1. The Morgan fingerprint density at radius 2 is 2.07 bits per heavy atom. The smallest absolute Gasteiger partial charge is 0.125 e. The lowest BCUT2D eigenvalue weighted by Gasteiger charge is -2.15. The van der Waals surface area contributed by atoms with E-state index >= 15 is 0 Å². The summed E-state index contributed by atoms with van der Waals surface area (Å²) in [6.45, 7) is 4.05. The van der Waals surface area contributed by atoms with Crippen molar-refractivity contribution in [3.8, 4) is 5.75 Å². The summed E-state index contributed by atoms with van der Waals surface area (Å²) >= 11 is 0. The van der Waals surface area contributed by atoms with Gasteiger partial charge < -0.3 is 15.6 Å². The number of hydrogen-bond donors (Lipinski definition) is 2. The van der Waals surface area contributed by atoms with Crippen molar-refractivity contribution in [2.45, 2.75) is 26.3 Å². The number of rotatable bonds is 4. The van der Waals surface area contributed by atoms with E-state index in [9.17, 15) is 0 Å². The van der Waals surface area contributed by atoms with Gasteiger partial charge in [0.2, 0.25) is 0 Å². The zero-order valence-electron chi connectivity index (χ0n) is 9.58. The van der Waals surface area contributed by atoms with Crippen molar-refractivity contribution in [1.29, 1.82) is 0 Å². The first-order chi connectivity index (χ1) is 7.08. The summed E-state index contributed by atoms with van der Waals surface area (Å²) in [5.74, 6) is 0.879. The van der Waals surface area contributed by atoms with E-state index < -0.39 is 0 Å². The van der Waals surface area contributed by atoms with Crippen LogP contribution in [0.4, 0.5) is 0 Å². The minimum absolute atomic E-state index is 0.00383. The number of aliphatic hydroxyl groups is 1. The number of ether oxygens (including phenoxy) is 1. The number of methoxy groups -OCH3 is 1. The molecule has 0 bridgehead atoms. The third-order valence-electron chi connectivity index (χ3n) is 2.42. The molecule has 84 valence electrons. The van der Waals surface area contributed by atoms with Gasteiger partial charge in [0.25, 0.3) is 0 Å². The number of benzene rings is 1. The van der Waals surface area contributed by atoms with Crippen molar-refractivity contribution in [2.24, 2.45) is 5.73 Å². The van der Waals surface area contributed by atoms with Crippen LogP contribution in [0.5, 0.6) is 5.75 Å². The van der Waals surface area contributed by atoms with Crippen LogP contribution >= 0.6 is 0 Å². The summed E-state index contributed by atoms with van der Waals surface area (Å²) in [6.07, 6.45) is 0.641. The van der Waals surface area contributed by atoms with Gasteiger partial charge in [-0.1, -0.05) is 17.7 Å². The van der Waals surface area contributed by atoms with E-state index in [0.29, 0.717) is 6.42 Å². The first kappa shape index (κ1) is 12.0. The van der Waals surface area contributed by atoms with Crippen molar-refractivity contribution in [1.82, 2.24) is 0 Å². The van der Waals surface area contributed by atoms with Gasteiger partial charge in [0.15, 0.2) is 0 Å². The van der Waals surface area contributed by atoms with Crippen molar-refractivity contribution < 1.29 is 9.84 Å². The predicted octanol–water partition coefficient (Wildman–Crippen LogP) is 1.17. The van der Waals surface area contributed by atoms with Gasteiger partial charge in [-0.15, -0.1) is 0 Å². The molecule has 0 saturated heterocycles. The van der Waals surface area contributed by atoms with Crippen molar-refractivity contribution in [2.75, 3.05) is 13.7 Å². The Morgan fingerprint density at radius 3 is 2.60 bits per heavy atom. The maximum absolute atomic E-state index is 8.93. The van der Waals surface area contributed by atoms with Gasteiger partial charge in [-0.3, -0.25) is 0 Å². The average Bonchev–Trinajstić information content (AvgIpc) is 2.17. The molecule has 1 rings (SSSR count). The third kappa shape index (κ3) is 2.94. The molecule has 0 spiro atoms. The van der Waals surface area contributed by atoms with Gasteiger partial charge in [0.05, 0.1) is 13.7 Å². The molecule has 0 aliphatic rings. The molecule has 3 N–H and O–H groups in total. The largest absolute Gasteiger partial charge is 0.496 e. The summed E-state index contributed by atoms with van der Waals surface area (Å²) in [4.78, 5) is 0. The van der Waals surface area contributed by atoms with Gasteiger partial charge in [0, 0.05) is 6.04 Å². The van der Waals surface area contributed by atoms with Crippen molar-refractivity contribution in [3.63, 3.8) is 0 Å². The van der Waals surface area contributed by atoms with E-state index in [4.69, 9.17) is 15.6 Å². The van der Waals surface area contributed by atoms with Crippen LogP contribution in [-0.2, 0) is 6.42 Å². The highest BCUT2D eigenvalue weighted by Crippen LogP contribution is 2.25. The fourth-order valence-corrected chi connectivity index (χ4v) is 1.83. The molecule has 1 atom stereocenters. The Hall–Kier alpha value is -1.06. The van der Waals surface area contributed by atoms with Crippen LogP contribution in [0.15, 0.2) is 12.1 Å². The van der Waals surface area contributed by atoms with E-state index in [1.165, 1.54) is 5.56 Å². The standard InChI is InChI=1S/C12H19NO2/c1-8-4-9(2)12(15-3)10(5-8)6-11(13)7-14/h4-5,11,14H,6-7,13H2,1-3H3. The summed E-state index contributed by atoms with van der Waals surface area (Å²) in [7, 11) is 1.66. The molecule has 3 heteroatoms. The first-order valence-corrected chi connectivity index (χ1v) is 5.09. The van der Waals surface area contributed by atoms with Crippen LogP contribution in [0, 0.1) is 13.8 Å². The molecular weight excluding hydrogens is 190 g/mol. The SMILES string of the molecule is COc1c(C)cc(C)cc1CC(N)CO. The van der Waals surface area contributed by atoms with E-state index in [1.54, 1.807) is 7.11 Å². The quantitative estimate of drug-likeness (QED) is 0.782. The van der Waals surface area contributed by atoms with Gasteiger partial charge in [-0.25, -0.2) is 0 Å². The second-order valence-corrected chi connectivity index (χ2v) is 3.92. The monoisotopic (exact) mass is 209 g/mol. The molecular formula is C12H19NO2. The maximum atomic E-state index is 8.93. The fourth-order valence-electron chi connectivity index (χ4n) is 1.83. The fraction of sp³-hybridized carbons (Fsp3) is 0.500. The Kier molecular flexibility index (Phi) is 4.12. The lowest BCUT2D eigenvalue weighted by molar-refractivity contribution is 0.264. The van der Waals surface area contributed by atoms with E-state index in [1.807, 2.05) is 13.8 Å². The van der Waals surface area contributed by atoms with Crippen molar-refractivity contribution >= 4 is 0 Å². The van der Waals surface area contributed by atoms with Crippen LogP contribution in [0.25, 0.3) is 0 Å². The molecule has 0 amide bonds.